The van der Waals surface area contributed by atoms with Crippen molar-refractivity contribution in [1.82, 2.24) is 10.6 Å². The van der Waals surface area contributed by atoms with Crippen molar-refractivity contribution in [2.24, 2.45) is 0 Å². The number of anilines is 1. The summed E-state index contributed by atoms with van der Waals surface area (Å²) in [5, 5.41) is 5.00. The van der Waals surface area contributed by atoms with E-state index < -0.39 is 60.4 Å². The van der Waals surface area contributed by atoms with E-state index in [1.54, 1.807) is 19.1 Å². The number of nitrogens with zero attached hydrogens (tertiary/aromatic N) is 1. The summed E-state index contributed by atoms with van der Waals surface area (Å²) in [6.07, 6.45) is 3.59. The summed E-state index contributed by atoms with van der Waals surface area (Å²) >= 11 is 6.36. The molecule has 1 aliphatic carbocycles. The van der Waals surface area contributed by atoms with Gasteiger partial charge in [0.1, 0.15) is 24.5 Å². The fraction of sp³-hybridized carbons (Fsp3) is 0.375. The highest BCUT2D eigenvalue weighted by atomic mass is 35.5. The standard InChI is InChI=1S/C24H25ClF3N3O4/c1-3-4-8-18(25)14(2)21(22(33)29-16-10-24(27,28)11-16)31(17-7-5-6-15(26)9-17)23(34)19-12-35-13-20(32)30-19/h3-9,16,19,21H,2,10-13H2,1H3,(H,29,33)(H,30,32)/b4-3-,18-8+/t19-,21-/m0/s1. The lowest BCUT2D eigenvalue weighted by Gasteiger charge is -2.39. The smallest absolute Gasteiger partial charge is 0.252 e. The molecule has 1 heterocycles. The van der Waals surface area contributed by atoms with Crippen molar-refractivity contribution in [2.45, 2.75) is 43.8 Å². The number of halogens is 4. The lowest BCUT2D eigenvalue weighted by atomic mass is 9.87. The van der Waals surface area contributed by atoms with E-state index in [0.29, 0.717) is 0 Å². The third kappa shape index (κ3) is 6.52. The van der Waals surface area contributed by atoms with Gasteiger partial charge in [0.2, 0.25) is 11.8 Å². The monoisotopic (exact) mass is 511 g/mol. The zero-order valence-corrected chi connectivity index (χ0v) is 19.7. The number of amides is 3. The molecule has 0 spiro atoms. The number of benzene rings is 1. The summed E-state index contributed by atoms with van der Waals surface area (Å²) in [4.78, 5) is 39.8. The second-order valence-corrected chi connectivity index (χ2v) is 8.67. The Kier molecular flexibility index (Phi) is 8.39. The minimum atomic E-state index is -2.89. The molecule has 3 rings (SSSR count). The van der Waals surface area contributed by atoms with E-state index >= 15 is 0 Å². The normalized spacial score (nSPS) is 21.1. The third-order valence-electron chi connectivity index (χ3n) is 5.49. The lowest BCUT2D eigenvalue weighted by molar-refractivity contribution is -0.138. The van der Waals surface area contributed by atoms with Crippen molar-refractivity contribution < 1.29 is 32.3 Å². The first-order valence-corrected chi connectivity index (χ1v) is 11.2. The third-order valence-corrected chi connectivity index (χ3v) is 5.86. The van der Waals surface area contributed by atoms with Crippen LogP contribution in [0.3, 0.4) is 0 Å². The minimum absolute atomic E-state index is 0.0142. The molecule has 2 atom stereocenters. The Bertz CT molecular complexity index is 1070. The molecule has 1 aromatic carbocycles. The van der Waals surface area contributed by atoms with Gasteiger partial charge in [-0.15, -0.1) is 0 Å². The van der Waals surface area contributed by atoms with Crippen molar-refractivity contribution in [3.05, 3.63) is 65.5 Å². The highest BCUT2D eigenvalue weighted by Crippen LogP contribution is 2.38. The molecule has 2 N–H and O–H groups in total. The SMILES string of the molecule is C=C(/C(Cl)=C\C=C/C)[C@@H](C(=O)NC1CC(F)(F)C1)N(C(=O)[C@@H]1COCC(=O)N1)c1cccc(F)c1. The van der Waals surface area contributed by atoms with E-state index in [1.807, 2.05) is 0 Å². The van der Waals surface area contributed by atoms with Crippen LogP contribution in [0.2, 0.25) is 0 Å². The highest BCUT2D eigenvalue weighted by molar-refractivity contribution is 6.32. The highest BCUT2D eigenvalue weighted by Gasteiger charge is 2.47. The van der Waals surface area contributed by atoms with Gasteiger partial charge in [-0.25, -0.2) is 13.2 Å². The van der Waals surface area contributed by atoms with E-state index in [-0.39, 0.29) is 29.5 Å². The molecule has 1 saturated carbocycles. The minimum Gasteiger partial charge on any atom is -0.369 e. The van der Waals surface area contributed by atoms with Crippen molar-refractivity contribution in [1.29, 1.82) is 0 Å². The average molecular weight is 512 g/mol. The summed E-state index contributed by atoms with van der Waals surface area (Å²) in [5.74, 6) is -5.75. The molecule has 1 aromatic rings. The first kappa shape index (κ1) is 26.5. The second kappa shape index (κ2) is 11.1. The number of carbonyl (C=O) groups is 3. The topological polar surface area (TPSA) is 87.7 Å². The Hall–Kier alpha value is -3.11. The van der Waals surface area contributed by atoms with Crippen LogP contribution in [0, 0.1) is 5.82 Å². The molecule has 0 bridgehead atoms. The average Bonchev–Trinajstić information content (AvgIpc) is 2.78. The van der Waals surface area contributed by atoms with E-state index in [1.165, 1.54) is 18.2 Å². The number of allylic oxidation sites excluding steroid dienone is 3. The Morgan fingerprint density at radius 3 is 2.69 bits per heavy atom. The van der Waals surface area contributed by atoms with Gasteiger partial charge < -0.3 is 15.4 Å². The Balaban J connectivity index is 2.04. The number of rotatable bonds is 8. The van der Waals surface area contributed by atoms with E-state index in [9.17, 15) is 27.6 Å². The fourth-order valence-corrected chi connectivity index (χ4v) is 3.95. The van der Waals surface area contributed by atoms with Crippen LogP contribution in [0.5, 0.6) is 0 Å². The van der Waals surface area contributed by atoms with Gasteiger partial charge in [0, 0.05) is 29.6 Å². The van der Waals surface area contributed by atoms with Gasteiger partial charge in [-0.1, -0.05) is 36.4 Å². The van der Waals surface area contributed by atoms with Gasteiger partial charge in [-0.2, -0.15) is 0 Å². The van der Waals surface area contributed by atoms with Crippen LogP contribution in [0.4, 0.5) is 18.9 Å². The molecule has 11 heteroatoms. The number of nitrogens with one attached hydrogen (secondary N) is 2. The van der Waals surface area contributed by atoms with Crippen LogP contribution in [0.25, 0.3) is 0 Å². The number of carbonyl (C=O) groups excluding carboxylic acids is 3. The Morgan fingerprint density at radius 1 is 1.37 bits per heavy atom. The van der Waals surface area contributed by atoms with Crippen LogP contribution in [-0.2, 0) is 19.1 Å². The van der Waals surface area contributed by atoms with Gasteiger partial charge in [0.05, 0.1) is 6.61 Å². The molecular formula is C24H25ClF3N3O4. The van der Waals surface area contributed by atoms with Crippen molar-refractivity contribution in [3.63, 3.8) is 0 Å². The number of hydrogen-bond donors (Lipinski definition) is 2. The predicted octanol–water partition coefficient (Wildman–Crippen LogP) is 3.21. The number of morpholine rings is 1. The zero-order chi connectivity index (χ0) is 25.8. The molecule has 3 amide bonds. The van der Waals surface area contributed by atoms with Crippen molar-refractivity contribution in [3.8, 4) is 0 Å². The number of ether oxygens (including phenoxy) is 1. The molecule has 2 aliphatic rings. The first-order valence-electron chi connectivity index (χ1n) is 10.8. The Morgan fingerprint density at radius 2 is 2.09 bits per heavy atom. The van der Waals surface area contributed by atoms with Crippen LogP contribution >= 0.6 is 11.6 Å². The van der Waals surface area contributed by atoms with Crippen LogP contribution in [0.15, 0.2) is 59.7 Å². The molecule has 2 fully saturated rings. The molecule has 188 valence electrons. The number of hydrogen-bond acceptors (Lipinski definition) is 4. The van der Waals surface area contributed by atoms with Crippen molar-refractivity contribution >= 4 is 35.0 Å². The van der Waals surface area contributed by atoms with Gasteiger partial charge >= 0.3 is 0 Å². The van der Waals surface area contributed by atoms with Crippen LogP contribution in [0.1, 0.15) is 19.8 Å². The number of alkyl halides is 2. The maximum atomic E-state index is 14.2. The summed E-state index contributed by atoms with van der Waals surface area (Å²) in [5.41, 5.74) is -0.0559. The quantitative estimate of drug-likeness (QED) is 0.525. The maximum Gasteiger partial charge on any atom is 0.252 e. The molecule has 35 heavy (non-hydrogen) atoms. The molecule has 0 radical (unpaired) electrons. The van der Waals surface area contributed by atoms with Crippen molar-refractivity contribution in [2.75, 3.05) is 18.1 Å². The maximum absolute atomic E-state index is 14.2. The van der Waals surface area contributed by atoms with Gasteiger partial charge in [0.25, 0.3) is 11.8 Å². The molecule has 0 aromatic heterocycles. The van der Waals surface area contributed by atoms with Crippen LogP contribution < -0.4 is 15.5 Å². The van der Waals surface area contributed by atoms with Gasteiger partial charge in [0.15, 0.2) is 0 Å². The van der Waals surface area contributed by atoms with Gasteiger partial charge in [-0.3, -0.25) is 19.3 Å². The van der Waals surface area contributed by atoms with E-state index in [0.717, 1.165) is 17.0 Å². The lowest BCUT2D eigenvalue weighted by Crippen LogP contribution is -2.61. The Labute approximate surface area is 205 Å². The predicted molar refractivity (Wildman–Crippen MR) is 124 cm³/mol. The zero-order valence-electron chi connectivity index (χ0n) is 18.9. The fourth-order valence-electron chi connectivity index (χ4n) is 3.77. The summed E-state index contributed by atoms with van der Waals surface area (Å²) in [7, 11) is 0. The molecular weight excluding hydrogens is 487 g/mol. The summed E-state index contributed by atoms with van der Waals surface area (Å²) < 4.78 is 46.1. The van der Waals surface area contributed by atoms with E-state index in [2.05, 4.69) is 17.2 Å². The van der Waals surface area contributed by atoms with Crippen LogP contribution in [-0.4, -0.2) is 55.0 Å². The molecule has 0 unspecified atom stereocenters. The summed E-state index contributed by atoms with van der Waals surface area (Å²) in [6.45, 7) is 5.18. The largest absolute Gasteiger partial charge is 0.369 e. The molecule has 7 nitrogen and oxygen atoms in total. The molecule has 1 saturated heterocycles. The molecule has 1 aliphatic heterocycles. The summed E-state index contributed by atoms with van der Waals surface area (Å²) in [6, 6.07) is 1.35. The second-order valence-electron chi connectivity index (χ2n) is 8.26. The first-order chi connectivity index (χ1) is 16.5. The van der Waals surface area contributed by atoms with E-state index in [4.69, 9.17) is 16.3 Å². The van der Waals surface area contributed by atoms with Gasteiger partial charge in [-0.05, 0) is 36.8 Å².